The van der Waals surface area contributed by atoms with E-state index >= 15 is 0 Å². The van der Waals surface area contributed by atoms with Crippen molar-refractivity contribution in [2.45, 2.75) is 96.8 Å². The molecule has 0 amide bonds. The molecule has 0 radical (unpaired) electrons. The Balaban J connectivity index is 3.26. The molecule has 0 spiro atoms. The summed E-state index contributed by atoms with van der Waals surface area (Å²) < 4.78 is 22.0. The Bertz CT molecular complexity index is 416. The van der Waals surface area contributed by atoms with Crippen LogP contribution in [-0.4, -0.2) is 58.5 Å². The van der Waals surface area contributed by atoms with Gasteiger partial charge in [-0.15, -0.1) is 0 Å². The maximum atomic E-state index is 11.6. The van der Waals surface area contributed by atoms with Crippen LogP contribution in [0.2, 0.25) is 0 Å². The van der Waals surface area contributed by atoms with Crippen molar-refractivity contribution in [2.75, 3.05) is 54.0 Å². The zero-order valence-corrected chi connectivity index (χ0v) is 21.4. The summed E-state index contributed by atoms with van der Waals surface area (Å²) in [5, 5.41) is 3.24. The second-order valence-electron chi connectivity index (χ2n) is 9.47. The number of likely N-dealkylation sites (N-methyl/N-ethyl adjacent to an activating group) is 1. The first-order chi connectivity index (χ1) is 14.3. The van der Waals surface area contributed by atoms with Gasteiger partial charge in [-0.3, -0.25) is 4.57 Å². The lowest BCUT2D eigenvalue weighted by Crippen LogP contribution is -2.37. The fourth-order valence-corrected chi connectivity index (χ4v) is 3.96. The van der Waals surface area contributed by atoms with Gasteiger partial charge in [0.2, 0.25) is 0 Å². The minimum absolute atomic E-state index is 0.129. The lowest BCUT2D eigenvalue weighted by molar-refractivity contribution is -0.870. The quantitative estimate of drug-likeness (QED) is 0.131. The van der Waals surface area contributed by atoms with E-state index in [1.807, 2.05) is 21.1 Å². The molecule has 6 nitrogen and oxygen atoms in total. The maximum Gasteiger partial charge on any atom is 0.268 e. The van der Waals surface area contributed by atoms with Crippen LogP contribution in [0, 0.1) is 0 Å². The molecule has 0 aliphatic carbocycles. The van der Waals surface area contributed by atoms with Gasteiger partial charge >= 0.3 is 0 Å². The van der Waals surface area contributed by atoms with Gasteiger partial charge in [0.25, 0.3) is 7.82 Å². The van der Waals surface area contributed by atoms with Crippen LogP contribution in [0.1, 0.15) is 96.8 Å². The average Bonchev–Trinajstić information content (AvgIpc) is 2.65. The molecule has 0 rings (SSSR count). The Morgan fingerprint density at radius 2 is 1.13 bits per heavy atom. The third kappa shape index (κ3) is 24.3. The molecule has 0 aromatic rings. The molecule has 1 unspecified atom stereocenters. The first kappa shape index (κ1) is 30.0. The highest BCUT2D eigenvalue weighted by atomic mass is 31.2. The van der Waals surface area contributed by atoms with Crippen molar-refractivity contribution >= 4 is 7.82 Å². The Labute approximate surface area is 187 Å². The van der Waals surface area contributed by atoms with E-state index in [1.165, 1.54) is 83.5 Å². The van der Waals surface area contributed by atoms with Crippen LogP contribution in [0.4, 0.5) is 0 Å². The van der Waals surface area contributed by atoms with Crippen LogP contribution in [0.3, 0.4) is 0 Å². The Kier molecular flexibility index (Phi) is 19.7. The summed E-state index contributed by atoms with van der Waals surface area (Å²) in [6.45, 7) is 4.61. The third-order valence-corrected chi connectivity index (χ3v) is 6.24. The number of nitrogens with zero attached hydrogens (tertiary/aromatic N) is 1. The molecule has 0 fully saturated rings. The summed E-state index contributed by atoms with van der Waals surface area (Å²) >= 11 is 0. The molecule has 182 valence electrons. The molecule has 30 heavy (non-hydrogen) atoms. The largest absolute Gasteiger partial charge is 0.756 e. The van der Waals surface area contributed by atoms with Gasteiger partial charge in [0.05, 0.1) is 27.7 Å². The molecule has 0 aromatic carbocycles. The summed E-state index contributed by atoms with van der Waals surface area (Å²) in [6.07, 6.45) is 19.0. The first-order valence-corrected chi connectivity index (χ1v) is 13.8. The highest BCUT2D eigenvalue weighted by Crippen LogP contribution is 2.37. The van der Waals surface area contributed by atoms with E-state index in [1.54, 1.807) is 0 Å². The number of hydrogen-bond donors (Lipinski definition) is 1. The first-order valence-electron chi connectivity index (χ1n) is 12.4. The van der Waals surface area contributed by atoms with Crippen molar-refractivity contribution in [3.8, 4) is 0 Å². The average molecular weight is 451 g/mol. The lowest BCUT2D eigenvalue weighted by atomic mass is 10.0. The van der Waals surface area contributed by atoms with Gasteiger partial charge in [0, 0.05) is 6.54 Å². The fraction of sp³-hybridized carbons (Fsp3) is 1.00. The molecule has 0 aliphatic heterocycles. The predicted octanol–water partition coefficient (Wildman–Crippen LogP) is 5.27. The zero-order valence-electron chi connectivity index (χ0n) is 20.5. The minimum Gasteiger partial charge on any atom is -0.756 e. The zero-order chi connectivity index (χ0) is 22.6. The van der Waals surface area contributed by atoms with Crippen molar-refractivity contribution in [2.24, 2.45) is 0 Å². The lowest BCUT2D eigenvalue weighted by Gasteiger charge is -2.27. The number of phosphoric ester groups is 1. The van der Waals surface area contributed by atoms with Crippen molar-refractivity contribution in [3.05, 3.63) is 0 Å². The van der Waals surface area contributed by atoms with Gasteiger partial charge < -0.3 is 23.7 Å². The number of rotatable bonds is 23. The fourth-order valence-electron chi connectivity index (χ4n) is 3.26. The van der Waals surface area contributed by atoms with Crippen LogP contribution in [0.5, 0.6) is 0 Å². The van der Waals surface area contributed by atoms with Gasteiger partial charge in [0.1, 0.15) is 13.2 Å². The normalized spacial score (nSPS) is 14.2. The molecule has 0 aliphatic rings. The summed E-state index contributed by atoms with van der Waals surface area (Å²) in [5.41, 5.74) is 0. The monoisotopic (exact) mass is 450 g/mol. The van der Waals surface area contributed by atoms with Crippen molar-refractivity contribution in [1.82, 2.24) is 5.32 Å². The molecule has 7 heteroatoms. The molecule has 0 heterocycles. The van der Waals surface area contributed by atoms with Gasteiger partial charge in [-0.25, -0.2) is 0 Å². The number of nitrogens with one attached hydrogen (secondary N) is 1. The topological polar surface area (TPSA) is 70.6 Å². The van der Waals surface area contributed by atoms with Crippen LogP contribution in [-0.2, 0) is 13.6 Å². The van der Waals surface area contributed by atoms with E-state index in [9.17, 15) is 9.46 Å². The van der Waals surface area contributed by atoms with E-state index in [4.69, 9.17) is 9.05 Å². The molecule has 0 saturated carbocycles. The molecule has 0 saturated heterocycles. The minimum atomic E-state index is -4.17. The van der Waals surface area contributed by atoms with Crippen molar-refractivity contribution in [3.63, 3.8) is 0 Å². The van der Waals surface area contributed by atoms with Crippen molar-refractivity contribution in [1.29, 1.82) is 0 Å². The van der Waals surface area contributed by atoms with Crippen LogP contribution in [0.15, 0.2) is 0 Å². The van der Waals surface area contributed by atoms with Gasteiger partial charge in [-0.05, 0) is 13.0 Å². The van der Waals surface area contributed by atoms with Crippen LogP contribution in [0.25, 0.3) is 0 Å². The summed E-state index contributed by atoms with van der Waals surface area (Å²) in [5.74, 6) is 0. The highest BCUT2D eigenvalue weighted by molar-refractivity contribution is 7.45. The summed E-state index contributed by atoms with van der Waals surface area (Å²) in [7, 11) is 1.79. The molecule has 0 aromatic heterocycles. The summed E-state index contributed by atoms with van der Waals surface area (Å²) in [6, 6.07) is 0. The second kappa shape index (κ2) is 19.7. The molecule has 1 N–H and O–H groups in total. The van der Waals surface area contributed by atoms with Gasteiger partial charge in [-0.2, -0.15) is 0 Å². The number of quaternary nitrogens is 1. The van der Waals surface area contributed by atoms with Crippen LogP contribution >= 0.6 is 7.82 Å². The van der Waals surface area contributed by atoms with Gasteiger partial charge in [0.15, 0.2) is 0 Å². The van der Waals surface area contributed by atoms with Gasteiger partial charge in [-0.1, -0.05) is 90.4 Å². The SMILES string of the molecule is CCCCCCCCCCCCCCCCNCCOP(=O)([O-])OCC[N+](C)(C)C. The maximum absolute atomic E-state index is 11.6. The highest BCUT2D eigenvalue weighted by Gasteiger charge is 2.12. The number of phosphoric acid groups is 1. The number of unbranched alkanes of at least 4 members (excludes halogenated alkanes) is 13. The molecular weight excluding hydrogens is 399 g/mol. The predicted molar refractivity (Wildman–Crippen MR) is 126 cm³/mol. The van der Waals surface area contributed by atoms with Crippen LogP contribution < -0.4 is 10.2 Å². The smallest absolute Gasteiger partial charge is 0.268 e. The molecule has 1 atom stereocenters. The third-order valence-electron chi connectivity index (χ3n) is 5.25. The number of hydrogen-bond acceptors (Lipinski definition) is 5. The second-order valence-corrected chi connectivity index (χ2v) is 10.9. The van der Waals surface area contributed by atoms with E-state index in [2.05, 4.69) is 12.2 Å². The van der Waals surface area contributed by atoms with E-state index in [0.29, 0.717) is 17.6 Å². The molecule has 0 bridgehead atoms. The Morgan fingerprint density at radius 1 is 0.700 bits per heavy atom. The molecular formula is C23H51N2O4P. The standard InChI is InChI=1S/C23H51N2O4P/c1-5-6-7-8-9-10-11-12-13-14-15-16-17-18-19-24-20-22-28-30(26,27)29-23-21-25(2,3)4/h24H,5-23H2,1-4H3. The van der Waals surface area contributed by atoms with E-state index in [-0.39, 0.29) is 13.2 Å². The van der Waals surface area contributed by atoms with E-state index < -0.39 is 7.82 Å². The Hall–Kier alpha value is 0.0300. The van der Waals surface area contributed by atoms with Crippen molar-refractivity contribution < 1.29 is 23.0 Å². The van der Waals surface area contributed by atoms with E-state index in [0.717, 1.165) is 13.0 Å². The Morgan fingerprint density at radius 3 is 1.60 bits per heavy atom. The summed E-state index contributed by atoms with van der Waals surface area (Å²) in [4.78, 5) is 11.6.